The molecule has 30 heavy (non-hydrogen) atoms. The number of benzene rings is 2. The summed E-state index contributed by atoms with van der Waals surface area (Å²) in [6, 6.07) is 16.7. The van der Waals surface area contributed by atoms with Gasteiger partial charge < -0.3 is 14.4 Å². The van der Waals surface area contributed by atoms with E-state index in [0.717, 1.165) is 49.7 Å². The number of fused-ring (bicyclic) bond motifs is 1. The molecule has 2 aromatic carbocycles. The van der Waals surface area contributed by atoms with E-state index in [-0.39, 0.29) is 0 Å². The molecular weight excluding hydrogens is 392 g/mol. The number of hydrogen-bond acceptors (Lipinski definition) is 4. The van der Waals surface area contributed by atoms with Crippen LogP contribution in [0.5, 0.6) is 11.5 Å². The molecule has 5 heteroatoms. The summed E-state index contributed by atoms with van der Waals surface area (Å²) < 4.78 is 15.8. The molecule has 0 N–H and O–H groups in total. The molecule has 1 aliphatic carbocycles. The third-order valence-corrected chi connectivity index (χ3v) is 7.33. The second-order valence-corrected chi connectivity index (χ2v) is 9.64. The molecule has 2 heterocycles. The average Bonchev–Trinajstić information content (AvgIpc) is 3.16. The van der Waals surface area contributed by atoms with Gasteiger partial charge in [0, 0.05) is 30.3 Å². The first-order valence-corrected chi connectivity index (χ1v) is 11.6. The van der Waals surface area contributed by atoms with E-state index in [9.17, 15) is 0 Å². The summed E-state index contributed by atoms with van der Waals surface area (Å²) in [4.78, 5) is 3.63. The summed E-state index contributed by atoms with van der Waals surface area (Å²) in [6.07, 6.45) is 7.49. The molecule has 4 nitrogen and oxygen atoms in total. The second kappa shape index (κ2) is 8.14. The topological polar surface area (TPSA) is 24.9 Å². The SMILES string of the molecule is CC1CC=CC=C1C1(c2ccccc2)Oc2ccc([SH+]N3CCN(C)CC3)cc2O1. The van der Waals surface area contributed by atoms with E-state index in [1.54, 1.807) is 0 Å². The van der Waals surface area contributed by atoms with Crippen LogP contribution in [0.3, 0.4) is 0 Å². The van der Waals surface area contributed by atoms with Gasteiger partial charge in [-0.15, -0.1) is 4.31 Å². The monoisotopic (exact) mass is 421 g/mol. The van der Waals surface area contributed by atoms with Gasteiger partial charge in [-0.25, -0.2) is 0 Å². The van der Waals surface area contributed by atoms with Crippen molar-refractivity contribution in [1.82, 2.24) is 9.21 Å². The van der Waals surface area contributed by atoms with E-state index in [4.69, 9.17) is 9.47 Å². The third kappa shape index (κ3) is 3.66. The van der Waals surface area contributed by atoms with E-state index in [0.29, 0.717) is 5.92 Å². The Hall–Kier alpha value is -2.21. The Morgan fingerprint density at radius 3 is 2.50 bits per heavy atom. The molecule has 2 aliphatic heterocycles. The summed E-state index contributed by atoms with van der Waals surface area (Å²) in [5.41, 5.74) is 2.21. The lowest BCUT2D eigenvalue weighted by Gasteiger charge is -2.34. The fourth-order valence-electron chi connectivity index (χ4n) is 4.35. The fraction of sp³-hybridized carbons (Fsp3) is 0.360. The van der Waals surface area contributed by atoms with E-state index < -0.39 is 5.79 Å². The van der Waals surface area contributed by atoms with Gasteiger partial charge in [-0.2, -0.15) is 0 Å². The predicted molar refractivity (Wildman–Crippen MR) is 123 cm³/mol. The summed E-state index contributed by atoms with van der Waals surface area (Å²) in [6.45, 7) is 6.67. The molecule has 2 unspecified atom stereocenters. The zero-order valence-electron chi connectivity index (χ0n) is 17.6. The third-order valence-electron chi connectivity index (χ3n) is 6.14. The molecule has 3 aliphatic rings. The van der Waals surface area contributed by atoms with Crippen LogP contribution in [0.15, 0.2) is 77.2 Å². The van der Waals surface area contributed by atoms with Crippen molar-refractivity contribution < 1.29 is 9.47 Å². The zero-order chi connectivity index (χ0) is 20.6. The second-order valence-electron chi connectivity index (χ2n) is 8.36. The van der Waals surface area contributed by atoms with Crippen LogP contribution in [-0.2, 0) is 17.7 Å². The lowest BCUT2D eigenvalue weighted by Crippen LogP contribution is -2.43. The molecule has 0 amide bonds. The molecule has 5 rings (SSSR count). The molecule has 0 radical (unpaired) electrons. The molecule has 1 fully saturated rings. The number of rotatable bonds is 4. The molecule has 0 saturated carbocycles. The van der Waals surface area contributed by atoms with E-state index in [1.807, 2.05) is 18.2 Å². The standard InChI is InChI=1S/C25H28N2O2S/c1-19-8-6-7-11-22(19)25(20-9-4-3-5-10-20)28-23-13-12-21(18-24(23)29-25)30-27-16-14-26(2)15-17-27/h3-7,9-13,18-19H,8,14-17H2,1-2H3/p+1. The van der Waals surface area contributed by atoms with Gasteiger partial charge in [-0.05, 0) is 31.5 Å². The smallest absolute Gasteiger partial charge is 0.302 e. The highest BCUT2D eigenvalue weighted by Crippen LogP contribution is 2.50. The average molecular weight is 422 g/mol. The molecule has 156 valence electrons. The molecule has 0 spiro atoms. The van der Waals surface area contributed by atoms with Crippen molar-refractivity contribution >= 4 is 11.9 Å². The first-order valence-electron chi connectivity index (χ1n) is 10.7. The van der Waals surface area contributed by atoms with E-state index >= 15 is 0 Å². The maximum absolute atomic E-state index is 6.68. The largest absolute Gasteiger partial charge is 0.441 e. The molecule has 0 aromatic heterocycles. The van der Waals surface area contributed by atoms with Crippen molar-refractivity contribution in [3.8, 4) is 11.5 Å². The van der Waals surface area contributed by atoms with Crippen LogP contribution < -0.4 is 9.47 Å². The van der Waals surface area contributed by atoms with Gasteiger partial charge in [0.1, 0.15) is 0 Å². The van der Waals surface area contributed by atoms with Crippen molar-refractivity contribution in [2.45, 2.75) is 24.0 Å². The van der Waals surface area contributed by atoms with E-state index in [2.05, 4.69) is 71.7 Å². The number of nitrogens with zero attached hydrogens (tertiary/aromatic N) is 2. The van der Waals surface area contributed by atoms with Crippen LogP contribution in [0.2, 0.25) is 0 Å². The number of thiol groups is 1. The predicted octanol–water partition coefficient (Wildman–Crippen LogP) is 4.17. The van der Waals surface area contributed by atoms with Crippen molar-refractivity contribution in [1.29, 1.82) is 0 Å². The highest BCUT2D eigenvalue weighted by Gasteiger charge is 2.48. The van der Waals surface area contributed by atoms with Gasteiger partial charge in [0.15, 0.2) is 16.4 Å². The molecule has 0 bridgehead atoms. The highest BCUT2D eigenvalue weighted by atomic mass is 32.2. The van der Waals surface area contributed by atoms with Gasteiger partial charge >= 0.3 is 5.79 Å². The number of ether oxygens (including phenoxy) is 2. The maximum atomic E-state index is 6.68. The quantitative estimate of drug-likeness (QED) is 0.546. The fourth-order valence-corrected chi connectivity index (χ4v) is 5.37. The highest BCUT2D eigenvalue weighted by molar-refractivity contribution is 7.76. The Morgan fingerprint density at radius 1 is 0.967 bits per heavy atom. The maximum Gasteiger partial charge on any atom is 0.302 e. The van der Waals surface area contributed by atoms with Gasteiger partial charge in [0.2, 0.25) is 0 Å². The van der Waals surface area contributed by atoms with Crippen LogP contribution in [0.25, 0.3) is 0 Å². The van der Waals surface area contributed by atoms with Gasteiger partial charge in [-0.1, -0.05) is 55.5 Å². The van der Waals surface area contributed by atoms with Crippen molar-refractivity contribution in [2.75, 3.05) is 33.2 Å². The number of likely N-dealkylation sites (N-methyl/N-ethyl adjacent to an activating group) is 1. The molecule has 1 saturated heterocycles. The van der Waals surface area contributed by atoms with Gasteiger partial charge in [0.25, 0.3) is 0 Å². The zero-order valence-corrected chi connectivity index (χ0v) is 18.5. The van der Waals surface area contributed by atoms with Crippen LogP contribution in [-0.4, -0.2) is 42.4 Å². The first kappa shape index (κ1) is 19.7. The minimum Gasteiger partial charge on any atom is -0.441 e. The Morgan fingerprint density at radius 2 is 1.73 bits per heavy atom. The van der Waals surface area contributed by atoms with Crippen LogP contribution in [0.1, 0.15) is 18.9 Å². The Bertz CT molecular complexity index is 966. The molecular formula is C25H29N2O2S+. The Labute approximate surface area is 183 Å². The van der Waals surface area contributed by atoms with Gasteiger partial charge in [-0.3, -0.25) is 0 Å². The number of hydrogen-bond donors (Lipinski definition) is 0. The summed E-state index contributed by atoms with van der Waals surface area (Å²) in [5.74, 6) is 1.11. The van der Waals surface area contributed by atoms with Crippen LogP contribution in [0, 0.1) is 5.92 Å². The van der Waals surface area contributed by atoms with Gasteiger partial charge in [0.05, 0.1) is 25.0 Å². The number of piperazine rings is 1. The Kier molecular flexibility index (Phi) is 5.35. The first-order chi connectivity index (χ1) is 14.6. The lowest BCUT2D eigenvalue weighted by molar-refractivity contribution is -0.0575. The summed E-state index contributed by atoms with van der Waals surface area (Å²) in [7, 11) is 2.19. The number of allylic oxidation sites excluding steroid dienone is 3. The summed E-state index contributed by atoms with van der Waals surface area (Å²) in [5, 5.41) is 0. The summed E-state index contributed by atoms with van der Waals surface area (Å²) >= 11 is 1.24. The molecule has 2 aromatic rings. The lowest BCUT2D eigenvalue weighted by atomic mass is 9.84. The normalized spacial score (nSPS) is 26.6. The minimum absolute atomic E-state index is 0.354. The van der Waals surface area contributed by atoms with Crippen LogP contribution in [0.4, 0.5) is 0 Å². The van der Waals surface area contributed by atoms with Crippen molar-refractivity contribution in [2.24, 2.45) is 5.92 Å². The minimum atomic E-state index is -0.892. The van der Waals surface area contributed by atoms with E-state index in [1.165, 1.54) is 22.4 Å². The molecule has 2 atom stereocenters. The van der Waals surface area contributed by atoms with Crippen LogP contribution >= 0.6 is 0 Å². The Balaban J connectivity index is 1.45. The van der Waals surface area contributed by atoms with Crippen molar-refractivity contribution in [3.63, 3.8) is 0 Å². The van der Waals surface area contributed by atoms with Crippen molar-refractivity contribution in [3.05, 3.63) is 77.9 Å².